The number of hydrogen-bond donors (Lipinski definition) is 3. The van der Waals surface area contributed by atoms with Crippen molar-refractivity contribution in [3.05, 3.63) is 42.0 Å². The van der Waals surface area contributed by atoms with Crippen LogP contribution in [0.2, 0.25) is 0 Å². The highest BCUT2D eigenvalue weighted by Gasteiger charge is 2.41. The van der Waals surface area contributed by atoms with Crippen LogP contribution in [-0.2, 0) is 11.2 Å². The third-order valence-corrected chi connectivity index (χ3v) is 5.55. The lowest BCUT2D eigenvalue weighted by atomic mass is 9.92. The predicted molar refractivity (Wildman–Crippen MR) is 105 cm³/mol. The first-order chi connectivity index (χ1) is 13.0. The minimum Gasteiger partial charge on any atom is -0.493 e. The number of allylic oxidation sites excluding steroid dienone is 2. The fraction of sp³-hybridized carbons (Fsp3) is 0.571. The van der Waals surface area contributed by atoms with Crippen LogP contribution in [-0.4, -0.2) is 46.0 Å². The summed E-state index contributed by atoms with van der Waals surface area (Å²) in [6, 6.07) is 7.62. The van der Waals surface area contributed by atoms with Gasteiger partial charge < -0.3 is 20.1 Å². The molecule has 5 nitrogen and oxygen atoms in total. The zero-order valence-corrected chi connectivity index (χ0v) is 16.2. The van der Waals surface area contributed by atoms with Gasteiger partial charge in [-0.05, 0) is 55.7 Å². The Morgan fingerprint density at radius 1 is 1.30 bits per heavy atom. The largest absolute Gasteiger partial charge is 0.493 e. The number of aliphatic hydroxyl groups excluding tert-OH is 2. The number of carboxylic acid groups (broad SMARTS) is 1. The van der Waals surface area contributed by atoms with Gasteiger partial charge in [0.05, 0.1) is 12.7 Å². The Morgan fingerprint density at radius 2 is 2.11 bits per heavy atom. The number of halogens is 1. The average molecular weight is 397 g/mol. The molecule has 150 valence electrons. The summed E-state index contributed by atoms with van der Waals surface area (Å²) in [6.45, 7) is 0.490. The summed E-state index contributed by atoms with van der Waals surface area (Å²) in [5, 5.41) is 28.0. The summed E-state index contributed by atoms with van der Waals surface area (Å²) in [5.41, 5.74) is 1.01. The molecule has 0 bridgehead atoms. The Labute approximate surface area is 165 Å². The number of ether oxygens (including phenoxy) is 1. The number of benzene rings is 1. The minimum atomic E-state index is -0.775. The maximum Gasteiger partial charge on any atom is 0.303 e. The molecule has 0 aromatic heterocycles. The standard InChI is InChI=1S/C21H29ClO5/c22-19-13-20(24)18(17(19)8-3-1-2-4-9-21(25)26)14-27-16-7-5-6-15(12-16)10-11-23/h1,3,5-7,12,17-20,23-24H,2,4,8-11,13-14H2,(H,25,26)/b3-1-/t17-,18-,19+,20-/m1/s1. The molecule has 0 saturated heterocycles. The van der Waals surface area contributed by atoms with Crippen LogP contribution >= 0.6 is 11.6 Å². The van der Waals surface area contributed by atoms with Crippen molar-refractivity contribution in [2.24, 2.45) is 11.8 Å². The zero-order valence-electron chi connectivity index (χ0n) is 15.5. The van der Waals surface area contributed by atoms with Gasteiger partial charge in [0.2, 0.25) is 0 Å². The Balaban J connectivity index is 1.86. The molecule has 1 saturated carbocycles. The van der Waals surface area contributed by atoms with E-state index in [-0.39, 0.29) is 30.2 Å². The highest BCUT2D eigenvalue weighted by Crippen LogP contribution is 2.39. The van der Waals surface area contributed by atoms with Gasteiger partial charge in [0, 0.05) is 24.3 Å². The van der Waals surface area contributed by atoms with Crippen LogP contribution in [0, 0.1) is 11.8 Å². The first-order valence-electron chi connectivity index (χ1n) is 9.52. The van der Waals surface area contributed by atoms with Gasteiger partial charge >= 0.3 is 5.97 Å². The van der Waals surface area contributed by atoms with E-state index in [1.807, 2.05) is 36.4 Å². The quantitative estimate of drug-likeness (QED) is 0.303. The van der Waals surface area contributed by atoms with Crippen LogP contribution in [0.5, 0.6) is 5.75 Å². The lowest BCUT2D eigenvalue weighted by Gasteiger charge is -2.22. The van der Waals surface area contributed by atoms with E-state index in [9.17, 15) is 9.90 Å². The Hall–Kier alpha value is -1.56. The van der Waals surface area contributed by atoms with Gasteiger partial charge in [0.1, 0.15) is 5.75 Å². The van der Waals surface area contributed by atoms with Crippen molar-refractivity contribution < 1.29 is 24.9 Å². The monoisotopic (exact) mass is 396 g/mol. The van der Waals surface area contributed by atoms with Crippen molar-refractivity contribution in [2.45, 2.75) is 50.0 Å². The fourth-order valence-electron chi connectivity index (χ4n) is 3.55. The van der Waals surface area contributed by atoms with Crippen molar-refractivity contribution in [1.82, 2.24) is 0 Å². The van der Waals surface area contributed by atoms with Crippen LogP contribution in [0.25, 0.3) is 0 Å². The molecule has 2 rings (SSSR count). The number of carbonyl (C=O) groups is 1. The van der Waals surface area contributed by atoms with E-state index < -0.39 is 12.1 Å². The van der Waals surface area contributed by atoms with E-state index in [0.29, 0.717) is 25.9 Å². The molecule has 6 heteroatoms. The number of hydrogen-bond acceptors (Lipinski definition) is 4. The van der Waals surface area contributed by atoms with Gasteiger partial charge in [0.25, 0.3) is 0 Å². The van der Waals surface area contributed by atoms with Crippen molar-refractivity contribution >= 4 is 17.6 Å². The van der Waals surface area contributed by atoms with Gasteiger partial charge in [0.15, 0.2) is 0 Å². The molecule has 1 aliphatic rings. The lowest BCUT2D eigenvalue weighted by molar-refractivity contribution is -0.137. The average Bonchev–Trinajstić information content (AvgIpc) is 2.89. The number of unbranched alkanes of at least 4 members (excludes halogenated alkanes) is 1. The van der Waals surface area contributed by atoms with E-state index in [0.717, 1.165) is 24.2 Å². The summed E-state index contributed by atoms with van der Waals surface area (Å²) in [7, 11) is 0. The number of aliphatic hydroxyl groups is 2. The van der Waals surface area contributed by atoms with Gasteiger partial charge in [-0.15, -0.1) is 11.6 Å². The first-order valence-corrected chi connectivity index (χ1v) is 9.96. The molecule has 0 aliphatic heterocycles. The molecule has 0 radical (unpaired) electrons. The maximum atomic E-state index is 10.5. The molecule has 1 fully saturated rings. The van der Waals surface area contributed by atoms with Crippen LogP contribution in [0.1, 0.15) is 37.7 Å². The highest BCUT2D eigenvalue weighted by molar-refractivity contribution is 6.21. The fourth-order valence-corrected chi connectivity index (χ4v) is 4.02. The summed E-state index contributed by atoms with van der Waals surface area (Å²) in [4.78, 5) is 10.5. The third kappa shape index (κ3) is 7.17. The van der Waals surface area contributed by atoms with Crippen molar-refractivity contribution in [3.63, 3.8) is 0 Å². The normalized spacial score (nSPS) is 25.1. The molecular formula is C21H29ClO5. The Kier molecular flexibility index (Phi) is 9.11. The summed E-state index contributed by atoms with van der Waals surface area (Å²) >= 11 is 6.44. The van der Waals surface area contributed by atoms with Gasteiger partial charge in [-0.2, -0.15) is 0 Å². The predicted octanol–water partition coefficient (Wildman–Crippen LogP) is 3.41. The number of alkyl halides is 1. The van der Waals surface area contributed by atoms with E-state index in [4.69, 9.17) is 26.6 Å². The molecule has 0 spiro atoms. The summed E-state index contributed by atoms with van der Waals surface area (Å²) in [6.07, 6.45) is 6.96. The second-order valence-electron chi connectivity index (χ2n) is 7.07. The number of carboxylic acids is 1. The van der Waals surface area contributed by atoms with Crippen molar-refractivity contribution in [2.75, 3.05) is 13.2 Å². The van der Waals surface area contributed by atoms with Crippen LogP contribution in [0.15, 0.2) is 36.4 Å². The lowest BCUT2D eigenvalue weighted by Crippen LogP contribution is -2.27. The Bertz CT molecular complexity index is 618. The van der Waals surface area contributed by atoms with E-state index in [2.05, 4.69) is 0 Å². The molecule has 4 atom stereocenters. The third-order valence-electron chi connectivity index (χ3n) is 5.05. The molecule has 1 aliphatic carbocycles. The second kappa shape index (κ2) is 11.3. The number of aliphatic carboxylic acids is 1. The summed E-state index contributed by atoms with van der Waals surface area (Å²) < 4.78 is 5.91. The maximum absolute atomic E-state index is 10.5. The van der Waals surface area contributed by atoms with Crippen LogP contribution < -0.4 is 4.74 Å². The van der Waals surface area contributed by atoms with Crippen LogP contribution in [0.3, 0.4) is 0 Å². The van der Waals surface area contributed by atoms with E-state index in [1.54, 1.807) is 0 Å². The van der Waals surface area contributed by atoms with E-state index in [1.165, 1.54) is 0 Å². The zero-order chi connectivity index (χ0) is 19.6. The molecule has 3 N–H and O–H groups in total. The molecule has 0 unspecified atom stereocenters. The van der Waals surface area contributed by atoms with Crippen molar-refractivity contribution in [3.8, 4) is 5.75 Å². The SMILES string of the molecule is O=C(O)CCC/C=C\C[C@@H]1[C@@H](COc2cccc(CCO)c2)[C@H](O)C[C@@H]1Cl. The number of rotatable bonds is 11. The van der Waals surface area contributed by atoms with Crippen LogP contribution in [0.4, 0.5) is 0 Å². The highest BCUT2D eigenvalue weighted by atomic mass is 35.5. The van der Waals surface area contributed by atoms with E-state index >= 15 is 0 Å². The molecule has 27 heavy (non-hydrogen) atoms. The Morgan fingerprint density at radius 3 is 2.85 bits per heavy atom. The van der Waals surface area contributed by atoms with Gasteiger partial charge in [-0.3, -0.25) is 4.79 Å². The molecular weight excluding hydrogens is 368 g/mol. The smallest absolute Gasteiger partial charge is 0.303 e. The molecule has 1 aromatic rings. The minimum absolute atomic E-state index is 0.0438. The molecule has 0 amide bonds. The van der Waals surface area contributed by atoms with Gasteiger partial charge in [-0.1, -0.05) is 24.3 Å². The molecule has 1 aromatic carbocycles. The summed E-state index contributed by atoms with van der Waals surface area (Å²) in [5.74, 6) is 0.0354. The molecule has 0 heterocycles. The van der Waals surface area contributed by atoms with Crippen molar-refractivity contribution in [1.29, 1.82) is 0 Å². The van der Waals surface area contributed by atoms with Gasteiger partial charge in [-0.25, -0.2) is 0 Å². The topological polar surface area (TPSA) is 87.0 Å². The first kappa shape index (κ1) is 21.7. The second-order valence-corrected chi connectivity index (χ2v) is 7.63.